The number of amides is 2. The van der Waals surface area contributed by atoms with Crippen LogP contribution in [0.1, 0.15) is 17.3 Å². The number of benzene rings is 1. The van der Waals surface area contributed by atoms with Crippen molar-refractivity contribution in [2.24, 2.45) is 0 Å². The van der Waals surface area contributed by atoms with E-state index < -0.39 is 0 Å². The fourth-order valence-corrected chi connectivity index (χ4v) is 3.60. The minimum Gasteiger partial charge on any atom is -0.480 e. The number of ether oxygens (including phenoxy) is 2. The van der Waals surface area contributed by atoms with E-state index in [2.05, 4.69) is 20.3 Å². The molecule has 2 amide bonds. The summed E-state index contributed by atoms with van der Waals surface area (Å²) in [5, 5.41) is 2.84. The maximum Gasteiger partial charge on any atom is 0.319 e. The Bertz CT molecular complexity index is 1400. The van der Waals surface area contributed by atoms with E-state index in [-0.39, 0.29) is 17.8 Å². The van der Waals surface area contributed by atoms with Gasteiger partial charge in [0.05, 0.1) is 37.4 Å². The number of methoxy groups -OCH3 is 2. The van der Waals surface area contributed by atoms with Gasteiger partial charge in [0.2, 0.25) is 11.8 Å². The standard InChI is InChI=1S/C24H24N6O4/c1-14(31)27-19-10-17(18-11-26-24(34-5)28-22(18)33-4)13-30-20(12-25-21(19)30)15-7-6-8-16(9-15)23(32)29(2)3/h6-13H,1-5H3,(H,27,31). The third-order valence-electron chi connectivity index (χ3n) is 5.15. The molecule has 0 bridgehead atoms. The molecule has 0 fully saturated rings. The van der Waals surface area contributed by atoms with Crippen molar-refractivity contribution < 1.29 is 19.1 Å². The molecule has 174 valence electrons. The summed E-state index contributed by atoms with van der Waals surface area (Å²) in [7, 11) is 6.40. The van der Waals surface area contributed by atoms with Gasteiger partial charge in [0.15, 0.2) is 5.65 Å². The van der Waals surface area contributed by atoms with E-state index in [0.717, 1.165) is 11.3 Å². The second kappa shape index (κ2) is 9.18. The molecule has 1 N–H and O–H groups in total. The minimum atomic E-state index is -0.236. The quantitative estimate of drug-likeness (QED) is 0.471. The van der Waals surface area contributed by atoms with E-state index in [1.165, 1.54) is 26.0 Å². The summed E-state index contributed by atoms with van der Waals surface area (Å²) in [6.07, 6.45) is 5.15. The SMILES string of the molecule is COc1ncc(-c2cc(NC(C)=O)c3ncc(-c4cccc(C(=O)N(C)C)c4)n3c2)c(OC)n1. The second-order valence-corrected chi connectivity index (χ2v) is 7.72. The van der Waals surface area contributed by atoms with Gasteiger partial charge in [0, 0.05) is 50.1 Å². The van der Waals surface area contributed by atoms with Crippen molar-refractivity contribution in [2.75, 3.05) is 33.6 Å². The number of nitrogens with zero attached hydrogens (tertiary/aromatic N) is 5. The van der Waals surface area contributed by atoms with Crippen LogP contribution in [-0.2, 0) is 4.79 Å². The summed E-state index contributed by atoms with van der Waals surface area (Å²) < 4.78 is 12.4. The molecule has 4 rings (SSSR count). The Balaban J connectivity index is 1.93. The van der Waals surface area contributed by atoms with Gasteiger partial charge >= 0.3 is 6.01 Å². The van der Waals surface area contributed by atoms with Gasteiger partial charge in [-0.3, -0.25) is 14.0 Å². The van der Waals surface area contributed by atoms with E-state index in [0.29, 0.717) is 33.9 Å². The molecule has 1 aromatic carbocycles. The summed E-state index contributed by atoms with van der Waals surface area (Å²) in [6, 6.07) is 9.26. The Morgan fingerprint density at radius 1 is 1.03 bits per heavy atom. The highest BCUT2D eigenvalue weighted by atomic mass is 16.5. The summed E-state index contributed by atoms with van der Waals surface area (Å²) in [5.41, 5.74) is 4.44. The zero-order valence-corrected chi connectivity index (χ0v) is 19.5. The van der Waals surface area contributed by atoms with Gasteiger partial charge in [-0.05, 0) is 18.2 Å². The molecule has 0 atom stereocenters. The van der Waals surface area contributed by atoms with Crippen LogP contribution < -0.4 is 14.8 Å². The third kappa shape index (κ3) is 4.25. The molecule has 0 saturated heterocycles. The van der Waals surface area contributed by atoms with Crippen LogP contribution in [0.4, 0.5) is 5.69 Å². The highest BCUT2D eigenvalue weighted by Crippen LogP contribution is 2.34. The van der Waals surface area contributed by atoms with Crippen molar-refractivity contribution in [2.45, 2.75) is 6.92 Å². The smallest absolute Gasteiger partial charge is 0.319 e. The summed E-state index contributed by atoms with van der Waals surface area (Å²) in [5.74, 6) is -0.0178. The van der Waals surface area contributed by atoms with E-state index in [1.54, 1.807) is 38.6 Å². The number of hydrogen-bond acceptors (Lipinski definition) is 7. The fraction of sp³-hybridized carbons (Fsp3) is 0.208. The molecule has 0 aliphatic rings. The van der Waals surface area contributed by atoms with E-state index >= 15 is 0 Å². The highest BCUT2D eigenvalue weighted by molar-refractivity contribution is 5.96. The van der Waals surface area contributed by atoms with Crippen LogP contribution in [0.5, 0.6) is 11.9 Å². The van der Waals surface area contributed by atoms with Crippen LogP contribution in [-0.4, -0.2) is 64.4 Å². The maximum atomic E-state index is 12.5. The predicted octanol–water partition coefficient (Wildman–Crippen LogP) is 3.14. The molecule has 0 saturated carbocycles. The number of hydrogen-bond donors (Lipinski definition) is 1. The zero-order chi connectivity index (χ0) is 24.4. The van der Waals surface area contributed by atoms with Gasteiger partial charge < -0.3 is 19.7 Å². The van der Waals surface area contributed by atoms with Crippen molar-refractivity contribution in [3.05, 3.63) is 54.5 Å². The van der Waals surface area contributed by atoms with Crippen LogP contribution in [0.3, 0.4) is 0 Å². The first kappa shape index (κ1) is 22.7. The van der Waals surface area contributed by atoms with Crippen LogP contribution in [0.25, 0.3) is 28.0 Å². The molecule has 0 spiro atoms. The van der Waals surface area contributed by atoms with Crippen LogP contribution >= 0.6 is 0 Å². The summed E-state index contributed by atoms with van der Waals surface area (Å²) in [4.78, 5) is 38.9. The average Bonchev–Trinajstić information content (AvgIpc) is 3.27. The van der Waals surface area contributed by atoms with E-state index in [9.17, 15) is 9.59 Å². The van der Waals surface area contributed by atoms with E-state index in [1.807, 2.05) is 28.8 Å². The van der Waals surface area contributed by atoms with Gasteiger partial charge in [-0.2, -0.15) is 4.98 Å². The number of rotatable bonds is 6. The number of aromatic nitrogens is 4. The van der Waals surface area contributed by atoms with Crippen molar-refractivity contribution in [1.29, 1.82) is 0 Å². The second-order valence-electron chi connectivity index (χ2n) is 7.72. The average molecular weight is 460 g/mol. The lowest BCUT2D eigenvalue weighted by molar-refractivity contribution is -0.114. The van der Waals surface area contributed by atoms with Gasteiger partial charge in [-0.1, -0.05) is 12.1 Å². The predicted molar refractivity (Wildman–Crippen MR) is 127 cm³/mol. The molecule has 3 aromatic heterocycles. The highest BCUT2D eigenvalue weighted by Gasteiger charge is 2.18. The van der Waals surface area contributed by atoms with Gasteiger partial charge in [-0.25, -0.2) is 9.97 Å². The molecule has 0 aliphatic carbocycles. The van der Waals surface area contributed by atoms with Gasteiger partial charge in [0.25, 0.3) is 5.91 Å². The normalized spacial score (nSPS) is 10.7. The first-order valence-electron chi connectivity index (χ1n) is 10.4. The number of carbonyl (C=O) groups is 2. The zero-order valence-electron chi connectivity index (χ0n) is 19.5. The van der Waals surface area contributed by atoms with Crippen molar-refractivity contribution in [3.63, 3.8) is 0 Å². The first-order chi connectivity index (χ1) is 16.3. The molecule has 34 heavy (non-hydrogen) atoms. The summed E-state index contributed by atoms with van der Waals surface area (Å²) >= 11 is 0. The van der Waals surface area contributed by atoms with Gasteiger partial charge in [0.1, 0.15) is 0 Å². The Morgan fingerprint density at radius 2 is 1.82 bits per heavy atom. The van der Waals surface area contributed by atoms with Crippen molar-refractivity contribution in [3.8, 4) is 34.3 Å². The Morgan fingerprint density at radius 3 is 2.50 bits per heavy atom. The topological polar surface area (TPSA) is 111 Å². The number of nitrogens with one attached hydrogen (secondary N) is 1. The molecule has 0 unspecified atom stereocenters. The van der Waals surface area contributed by atoms with Crippen molar-refractivity contribution >= 4 is 23.1 Å². The van der Waals surface area contributed by atoms with E-state index in [4.69, 9.17) is 9.47 Å². The molecular formula is C24H24N6O4. The van der Waals surface area contributed by atoms with Gasteiger partial charge in [-0.15, -0.1) is 0 Å². The molecular weight excluding hydrogens is 436 g/mol. The number of anilines is 1. The maximum absolute atomic E-state index is 12.5. The summed E-state index contributed by atoms with van der Waals surface area (Å²) in [6.45, 7) is 1.43. The molecule has 10 heteroatoms. The lowest BCUT2D eigenvalue weighted by Gasteiger charge is -2.13. The third-order valence-corrected chi connectivity index (χ3v) is 5.15. The Hall–Kier alpha value is -4.47. The number of fused-ring (bicyclic) bond motifs is 1. The monoisotopic (exact) mass is 460 g/mol. The van der Waals surface area contributed by atoms with Crippen LogP contribution in [0.2, 0.25) is 0 Å². The minimum absolute atomic E-state index is 0.101. The number of carbonyl (C=O) groups excluding carboxylic acids is 2. The molecule has 10 nitrogen and oxygen atoms in total. The molecule has 0 radical (unpaired) electrons. The van der Waals surface area contributed by atoms with Crippen LogP contribution in [0, 0.1) is 0 Å². The first-order valence-corrected chi connectivity index (χ1v) is 10.4. The van der Waals surface area contributed by atoms with Crippen molar-refractivity contribution in [1.82, 2.24) is 24.3 Å². The number of pyridine rings is 1. The van der Waals surface area contributed by atoms with Crippen LogP contribution in [0.15, 0.2) is 48.9 Å². The largest absolute Gasteiger partial charge is 0.480 e. The lowest BCUT2D eigenvalue weighted by atomic mass is 10.1. The molecule has 3 heterocycles. The fourth-order valence-electron chi connectivity index (χ4n) is 3.60. The lowest BCUT2D eigenvalue weighted by Crippen LogP contribution is -2.21. The molecule has 4 aromatic rings. The Kier molecular flexibility index (Phi) is 6.13. The number of imidazole rings is 1. The Labute approximate surface area is 196 Å². The molecule has 0 aliphatic heterocycles.